The Morgan fingerprint density at radius 2 is 1.59 bits per heavy atom. The van der Waals surface area contributed by atoms with Gasteiger partial charge in [-0.15, -0.1) is 0 Å². The van der Waals surface area contributed by atoms with Crippen molar-refractivity contribution < 1.29 is 13.2 Å². The van der Waals surface area contributed by atoms with Crippen LogP contribution in [-0.2, 0) is 14.6 Å². The fourth-order valence-corrected chi connectivity index (χ4v) is 5.98. The van der Waals surface area contributed by atoms with Gasteiger partial charge in [0.2, 0.25) is 0 Å². The molecule has 1 aliphatic carbocycles. The molecule has 2 atom stereocenters. The molecule has 2 heterocycles. The van der Waals surface area contributed by atoms with Crippen LogP contribution in [0, 0.1) is 11.8 Å². The number of fused-ring (bicyclic) bond motifs is 2. The highest BCUT2D eigenvalue weighted by Crippen LogP contribution is 2.41. The lowest BCUT2D eigenvalue weighted by atomic mass is 9.85. The van der Waals surface area contributed by atoms with Gasteiger partial charge in [-0.25, -0.2) is 8.42 Å². The van der Waals surface area contributed by atoms with E-state index in [-0.39, 0.29) is 16.4 Å². The maximum absolute atomic E-state index is 12.1. The molecule has 0 aromatic heterocycles. The van der Waals surface area contributed by atoms with Crippen LogP contribution < -0.4 is 0 Å². The van der Waals surface area contributed by atoms with E-state index < -0.39 is 9.84 Å². The molecule has 3 rings (SSSR count). The zero-order valence-corrected chi connectivity index (χ0v) is 10.9. The molecule has 0 spiro atoms. The first-order chi connectivity index (χ1) is 8.07. The SMILES string of the molecule is O=C(CC1CC1)C1CC2CCCC(C1)S2(=O)=O. The molecule has 3 aliphatic rings. The van der Waals surface area contributed by atoms with E-state index in [9.17, 15) is 13.2 Å². The van der Waals surface area contributed by atoms with Crippen molar-refractivity contribution in [1.29, 1.82) is 0 Å². The number of sulfone groups is 1. The minimum Gasteiger partial charge on any atom is -0.299 e. The van der Waals surface area contributed by atoms with Crippen LogP contribution in [-0.4, -0.2) is 24.7 Å². The van der Waals surface area contributed by atoms with Crippen molar-refractivity contribution in [3.05, 3.63) is 0 Å². The average molecular weight is 256 g/mol. The number of carbonyl (C=O) groups is 1. The number of Topliss-reactive ketones (excluding diaryl/α,β-unsaturated/α-hetero) is 1. The zero-order valence-electron chi connectivity index (χ0n) is 10.1. The van der Waals surface area contributed by atoms with Crippen molar-refractivity contribution in [3.8, 4) is 0 Å². The van der Waals surface area contributed by atoms with Gasteiger partial charge in [-0.2, -0.15) is 0 Å². The molecule has 96 valence electrons. The number of ketones is 1. The fourth-order valence-electron chi connectivity index (χ4n) is 3.44. The van der Waals surface area contributed by atoms with E-state index in [1.54, 1.807) is 0 Å². The van der Waals surface area contributed by atoms with Gasteiger partial charge in [0.05, 0.1) is 10.5 Å². The van der Waals surface area contributed by atoms with E-state index in [4.69, 9.17) is 0 Å². The zero-order chi connectivity index (χ0) is 12.0. The van der Waals surface area contributed by atoms with Gasteiger partial charge in [0.25, 0.3) is 0 Å². The first-order valence-electron chi connectivity index (χ1n) is 6.83. The second kappa shape index (κ2) is 4.08. The number of hydrogen-bond donors (Lipinski definition) is 0. The summed E-state index contributed by atoms with van der Waals surface area (Å²) in [5.41, 5.74) is 0. The van der Waals surface area contributed by atoms with Crippen molar-refractivity contribution in [2.24, 2.45) is 11.8 Å². The lowest BCUT2D eigenvalue weighted by Gasteiger charge is -2.38. The molecular formula is C13H20O3S. The van der Waals surface area contributed by atoms with Crippen LogP contribution in [0.15, 0.2) is 0 Å². The number of carbonyl (C=O) groups excluding carboxylic acids is 1. The number of rotatable bonds is 3. The molecule has 0 radical (unpaired) electrons. The topological polar surface area (TPSA) is 51.2 Å². The Bertz CT molecular complexity index is 402. The molecule has 4 heteroatoms. The first-order valence-corrected chi connectivity index (χ1v) is 8.43. The highest BCUT2D eigenvalue weighted by molar-refractivity contribution is 7.92. The molecule has 2 aliphatic heterocycles. The van der Waals surface area contributed by atoms with Crippen LogP contribution in [0.2, 0.25) is 0 Å². The average Bonchev–Trinajstić information content (AvgIpc) is 2.99. The summed E-state index contributed by atoms with van der Waals surface area (Å²) in [6.45, 7) is 0. The Morgan fingerprint density at radius 3 is 2.12 bits per heavy atom. The van der Waals surface area contributed by atoms with Gasteiger partial charge in [-0.05, 0) is 44.4 Å². The molecule has 3 fully saturated rings. The molecule has 1 saturated carbocycles. The summed E-state index contributed by atoms with van der Waals surface area (Å²) in [7, 11) is -2.90. The highest BCUT2D eigenvalue weighted by atomic mass is 32.2. The van der Waals surface area contributed by atoms with E-state index in [1.165, 1.54) is 12.8 Å². The minimum atomic E-state index is -2.90. The second-order valence-corrected chi connectivity index (χ2v) is 8.56. The Hall–Kier alpha value is -0.380. The van der Waals surface area contributed by atoms with Crippen LogP contribution in [0.3, 0.4) is 0 Å². The van der Waals surface area contributed by atoms with Crippen LogP contribution in [0.25, 0.3) is 0 Å². The van der Waals surface area contributed by atoms with Gasteiger partial charge in [0.15, 0.2) is 9.84 Å². The standard InChI is InChI=1S/C13H20O3S/c14-13(6-9-4-5-9)10-7-11-2-1-3-12(8-10)17(11,15)16/h9-12H,1-8H2. The van der Waals surface area contributed by atoms with E-state index in [2.05, 4.69) is 0 Å². The highest BCUT2D eigenvalue weighted by Gasteiger charge is 2.46. The molecule has 0 amide bonds. The van der Waals surface area contributed by atoms with Gasteiger partial charge in [0, 0.05) is 12.3 Å². The quantitative estimate of drug-likeness (QED) is 0.777. The lowest BCUT2D eigenvalue weighted by Crippen LogP contribution is -2.45. The van der Waals surface area contributed by atoms with Gasteiger partial charge in [-0.3, -0.25) is 4.79 Å². The Morgan fingerprint density at radius 1 is 1.00 bits per heavy atom. The van der Waals surface area contributed by atoms with E-state index in [0.717, 1.165) is 19.3 Å². The van der Waals surface area contributed by atoms with Gasteiger partial charge >= 0.3 is 0 Å². The predicted octanol–water partition coefficient (Wildman–Crippen LogP) is 2.10. The van der Waals surface area contributed by atoms with E-state index >= 15 is 0 Å². The van der Waals surface area contributed by atoms with Crippen molar-refractivity contribution in [1.82, 2.24) is 0 Å². The monoisotopic (exact) mass is 256 g/mol. The molecule has 0 N–H and O–H groups in total. The normalized spacial score (nSPS) is 39.9. The Labute approximate surface area is 103 Å². The maximum atomic E-state index is 12.1. The van der Waals surface area contributed by atoms with Crippen LogP contribution in [0.1, 0.15) is 51.4 Å². The summed E-state index contributed by atoms with van der Waals surface area (Å²) in [5.74, 6) is 1.02. The van der Waals surface area contributed by atoms with E-state index in [1.807, 2.05) is 0 Å². The van der Waals surface area contributed by atoms with Gasteiger partial charge in [-0.1, -0.05) is 6.42 Å². The van der Waals surface area contributed by atoms with Crippen molar-refractivity contribution >= 4 is 15.6 Å². The Balaban J connectivity index is 1.71. The van der Waals surface area contributed by atoms with Crippen molar-refractivity contribution in [3.63, 3.8) is 0 Å². The molecule has 0 aromatic carbocycles. The summed E-state index contributed by atoms with van der Waals surface area (Å²) >= 11 is 0. The molecule has 0 aromatic rings. The molecule has 2 unspecified atom stereocenters. The maximum Gasteiger partial charge on any atom is 0.156 e. The third-order valence-corrected chi connectivity index (χ3v) is 7.43. The predicted molar refractivity (Wildman–Crippen MR) is 65.4 cm³/mol. The number of hydrogen-bond acceptors (Lipinski definition) is 3. The summed E-state index contributed by atoms with van der Waals surface area (Å²) in [4.78, 5) is 12.1. The molecule has 2 bridgehead atoms. The summed E-state index contributed by atoms with van der Waals surface area (Å²) in [5, 5.41) is -0.411. The Kier molecular flexibility index (Phi) is 2.80. The van der Waals surface area contributed by atoms with Crippen LogP contribution >= 0.6 is 0 Å². The summed E-state index contributed by atoms with van der Waals surface area (Å²) in [6.07, 6.45) is 6.93. The van der Waals surface area contributed by atoms with Crippen molar-refractivity contribution in [2.45, 2.75) is 61.9 Å². The van der Waals surface area contributed by atoms with Crippen LogP contribution in [0.4, 0.5) is 0 Å². The third-order valence-electron chi connectivity index (χ3n) is 4.72. The largest absolute Gasteiger partial charge is 0.299 e. The lowest BCUT2D eigenvalue weighted by molar-refractivity contribution is -0.123. The molecular weight excluding hydrogens is 236 g/mol. The van der Waals surface area contributed by atoms with Gasteiger partial charge in [0.1, 0.15) is 5.78 Å². The minimum absolute atomic E-state index is 0.0504. The summed E-state index contributed by atoms with van der Waals surface area (Å²) < 4.78 is 24.2. The van der Waals surface area contributed by atoms with Crippen LogP contribution in [0.5, 0.6) is 0 Å². The summed E-state index contributed by atoms with van der Waals surface area (Å²) in [6, 6.07) is 0. The van der Waals surface area contributed by atoms with Crippen molar-refractivity contribution in [2.75, 3.05) is 0 Å². The second-order valence-electron chi connectivity index (χ2n) is 6.05. The molecule has 2 saturated heterocycles. The fraction of sp³-hybridized carbons (Fsp3) is 0.923. The third kappa shape index (κ3) is 2.16. The first kappa shape index (κ1) is 11.7. The smallest absolute Gasteiger partial charge is 0.156 e. The van der Waals surface area contributed by atoms with E-state index in [0.29, 0.717) is 31.0 Å². The molecule has 17 heavy (non-hydrogen) atoms. The van der Waals surface area contributed by atoms with Gasteiger partial charge < -0.3 is 0 Å². The molecule has 3 nitrogen and oxygen atoms in total.